The van der Waals surface area contributed by atoms with Crippen molar-refractivity contribution in [2.75, 3.05) is 0 Å². The second-order valence-electron chi connectivity index (χ2n) is 6.54. The summed E-state index contributed by atoms with van der Waals surface area (Å²) in [5.74, 6) is 0.385. The van der Waals surface area contributed by atoms with E-state index in [1.54, 1.807) is 18.2 Å². The molecule has 0 saturated carbocycles. The van der Waals surface area contributed by atoms with Crippen LogP contribution in [0, 0.1) is 2.44 Å². The van der Waals surface area contributed by atoms with Crippen molar-refractivity contribution in [2.24, 2.45) is 4.99 Å². The van der Waals surface area contributed by atoms with Crippen molar-refractivity contribution in [1.29, 1.82) is 0 Å². The zero-order chi connectivity index (χ0) is 18.5. The summed E-state index contributed by atoms with van der Waals surface area (Å²) in [5, 5.41) is 13.1. The van der Waals surface area contributed by atoms with Crippen molar-refractivity contribution in [1.82, 2.24) is 0 Å². The SMILES string of the molecule is CC[Si]1(CC)C2=CC(=O)C=CC2=Nc2ccc(O)c(-c3ccc(I)[se]3)c21. The minimum atomic E-state index is -2.18. The number of allylic oxidation sites excluding steroid dienone is 4. The number of hydrogen-bond donors (Lipinski definition) is 1. The second-order valence-corrected chi connectivity index (χ2v) is 16.2. The van der Waals surface area contributed by atoms with Crippen LogP contribution in [0.5, 0.6) is 5.75 Å². The van der Waals surface area contributed by atoms with E-state index in [1.165, 1.54) is 12.1 Å². The quantitative estimate of drug-likeness (QED) is 0.364. The average molecular weight is 538 g/mol. The van der Waals surface area contributed by atoms with Gasteiger partial charge in [-0.25, -0.2) is 0 Å². The molecule has 26 heavy (non-hydrogen) atoms. The summed E-state index contributed by atoms with van der Waals surface area (Å²) in [4.78, 5) is 17.0. The summed E-state index contributed by atoms with van der Waals surface area (Å²) in [6.45, 7) is 4.44. The Morgan fingerprint density at radius 2 is 1.92 bits per heavy atom. The summed E-state index contributed by atoms with van der Waals surface area (Å²) >= 11 is 2.59. The number of nitrogens with zero attached hydrogens (tertiary/aromatic N) is 1. The van der Waals surface area contributed by atoms with Gasteiger partial charge in [0.2, 0.25) is 0 Å². The molecule has 2 aliphatic rings. The molecular weight excluding hydrogens is 520 g/mol. The molecule has 2 aromatic rings. The Labute approximate surface area is 173 Å². The van der Waals surface area contributed by atoms with Crippen molar-refractivity contribution < 1.29 is 9.90 Å². The molecule has 1 N–H and O–H groups in total. The van der Waals surface area contributed by atoms with Crippen LogP contribution in [0.25, 0.3) is 10.0 Å². The minimum absolute atomic E-state index is 0.0448. The number of aromatic hydroxyl groups is 1. The van der Waals surface area contributed by atoms with Crippen molar-refractivity contribution in [3.63, 3.8) is 0 Å². The van der Waals surface area contributed by atoms with Gasteiger partial charge in [0.05, 0.1) is 0 Å². The third kappa shape index (κ3) is 2.66. The van der Waals surface area contributed by atoms with E-state index in [0.29, 0.717) is 5.75 Å². The summed E-state index contributed by atoms with van der Waals surface area (Å²) in [5.41, 5.74) is 2.88. The van der Waals surface area contributed by atoms with Gasteiger partial charge in [-0.1, -0.05) is 0 Å². The molecule has 132 valence electrons. The van der Waals surface area contributed by atoms with E-state index < -0.39 is 8.07 Å². The number of hydrogen-bond acceptors (Lipinski definition) is 3. The standard InChI is InChI=1S/C20H18INO2SeSi/c1-3-26(4-2)17-11-12(23)5-6-13(17)22-14-7-8-15(24)19(20(14)26)16-9-10-18(21)25-16/h5-11,24H,3-4H2,1-2H3. The predicted octanol–water partition coefficient (Wildman–Crippen LogP) is 4.11. The normalized spacial score (nSPS) is 17.4. The van der Waals surface area contributed by atoms with Crippen LogP contribution >= 0.6 is 22.6 Å². The summed E-state index contributed by atoms with van der Waals surface area (Å²) in [7, 11) is -2.18. The molecule has 0 fully saturated rings. The van der Waals surface area contributed by atoms with E-state index in [-0.39, 0.29) is 20.3 Å². The molecule has 1 aliphatic carbocycles. The van der Waals surface area contributed by atoms with E-state index in [0.717, 1.165) is 34.2 Å². The molecular formula is C20H18INO2SeSi. The van der Waals surface area contributed by atoms with Gasteiger partial charge in [-0.05, 0) is 0 Å². The van der Waals surface area contributed by atoms with Gasteiger partial charge >= 0.3 is 174 Å². The van der Waals surface area contributed by atoms with E-state index >= 15 is 0 Å². The maximum atomic E-state index is 12.1. The molecule has 0 spiro atoms. The molecule has 6 heteroatoms. The zero-order valence-corrected chi connectivity index (χ0v) is 19.4. The molecule has 0 unspecified atom stereocenters. The molecule has 1 aromatic carbocycles. The number of halogens is 1. The molecule has 0 amide bonds. The van der Waals surface area contributed by atoms with Gasteiger partial charge in [-0.15, -0.1) is 0 Å². The summed E-state index contributed by atoms with van der Waals surface area (Å²) in [6.07, 6.45) is 5.27. The number of carbonyl (C=O) groups excluding carboxylic acids is 1. The first kappa shape index (κ1) is 18.2. The number of aliphatic imine (C=N–C) groups is 1. The number of carbonyl (C=O) groups is 1. The number of benzene rings is 1. The molecule has 4 rings (SSSR count). The zero-order valence-electron chi connectivity index (χ0n) is 14.5. The Morgan fingerprint density at radius 1 is 1.15 bits per heavy atom. The average Bonchev–Trinajstić information content (AvgIpc) is 3.06. The fraction of sp³-hybridized carbons (Fsp3) is 0.200. The third-order valence-corrected chi connectivity index (χ3v) is 14.1. The van der Waals surface area contributed by atoms with E-state index in [1.807, 2.05) is 12.1 Å². The van der Waals surface area contributed by atoms with Gasteiger partial charge in [0.25, 0.3) is 0 Å². The molecule has 0 atom stereocenters. The monoisotopic (exact) mass is 539 g/mol. The second kappa shape index (κ2) is 6.75. The van der Waals surface area contributed by atoms with Gasteiger partial charge < -0.3 is 0 Å². The number of ketones is 1. The van der Waals surface area contributed by atoms with Crippen molar-refractivity contribution in [3.8, 4) is 15.8 Å². The summed E-state index contributed by atoms with van der Waals surface area (Å²) in [6, 6.07) is 9.97. The molecule has 1 aromatic heterocycles. The van der Waals surface area contributed by atoms with E-state index in [9.17, 15) is 9.90 Å². The molecule has 0 saturated heterocycles. The number of phenols is 1. The van der Waals surface area contributed by atoms with Crippen LogP contribution in [0.1, 0.15) is 13.8 Å². The van der Waals surface area contributed by atoms with Gasteiger partial charge in [0, 0.05) is 0 Å². The number of fused-ring (bicyclic) bond motifs is 2. The molecule has 0 radical (unpaired) electrons. The predicted molar refractivity (Wildman–Crippen MR) is 119 cm³/mol. The fourth-order valence-corrected chi connectivity index (χ4v) is 12.0. The van der Waals surface area contributed by atoms with Crippen molar-refractivity contribution >= 4 is 67.5 Å². The van der Waals surface area contributed by atoms with Crippen LogP contribution in [0.2, 0.25) is 12.1 Å². The van der Waals surface area contributed by atoms with E-state index in [4.69, 9.17) is 4.99 Å². The molecule has 2 heterocycles. The van der Waals surface area contributed by atoms with Crippen molar-refractivity contribution in [2.45, 2.75) is 25.9 Å². The Hall–Kier alpha value is -1.21. The van der Waals surface area contributed by atoms with Crippen LogP contribution in [-0.4, -0.2) is 39.2 Å². The Bertz CT molecular complexity index is 1010. The first-order valence-corrected chi connectivity index (χ1v) is 13.9. The summed E-state index contributed by atoms with van der Waals surface area (Å²) < 4.78 is 2.55. The van der Waals surface area contributed by atoms with Crippen LogP contribution < -0.4 is 5.19 Å². The number of phenolic OH excluding ortho intramolecular Hbond substituents is 1. The maximum absolute atomic E-state index is 12.1. The topological polar surface area (TPSA) is 49.7 Å². The van der Waals surface area contributed by atoms with Gasteiger partial charge in [0.15, 0.2) is 0 Å². The molecule has 0 bridgehead atoms. The third-order valence-electron chi connectivity index (χ3n) is 5.39. The van der Waals surface area contributed by atoms with Crippen LogP contribution in [0.15, 0.2) is 52.7 Å². The molecule has 3 nitrogen and oxygen atoms in total. The Kier molecular flexibility index (Phi) is 4.71. The fourth-order valence-electron chi connectivity index (χ4n) is 4.10. The molecule has 1 aliphatic heterocycles. The first-order chi connectivity index (χ1) is 12.5. The Morgan fingerprint density at radius 3 is 2.58 bits per heavy atom. The van der Waals surface area contributed by atoms with Gasteiger partial charge in [-0.2, -0.15) is 0 Å². The van der Waals surface area contributed by atoms with Gasteiger partial charge in [-0.3, -0.25) is 0 Å². The Balaban J connectivity index is 2.11. The van der Waals surface area contributed by atoms with Crippen LogP contribution in [-0.2, 0) is 4.79 Å². The van der Waals surface area contributed by atoms with Crippen LogP contribution in [0.4, 0.5) is 5.69 Å². The van der Waals surface area contributed by atoms with Crippen molar-refractivity contribution in [3.05, 3.63) is 50.1 Å². The number of rotatable bonds is 3. The van der Waals surface area contributed by atoms with E-state index in [2.05, 4.69) is 48.6 Å². The van der Waals surface area contributed by atoms with Crippen LogP contribution in [0.3, 0.4) is 0 Å². The first-order valence-electron chi connectivity index (χ1n) is 8.65. The van der Waals surface area contributed by atoms with Gasteiger partial charge in [0.1, 0.15) is 0 Å².